The molecule has 1 aliphatic rings. The Labute approximate surface area is 164 Å². The lowest BCUT2D eigenvalue weighted by Gasteiger charge is -2.28. The van der Waals surface area contributed by atoms with Gasteiger partial charge in [0, 0.05) is 47.6 Å². The fourth-order valence-corrected chi connectivity index (χ4v) is 4.48. The summed E-state index contributed by atoms with van der Waals surface area (Å²) < 4.78 is 7.55. The molecule has 0 N–H and O–H groups in total. The molecule has 0 spiro atoms. The molecule has 1 aromatic heterocycles. The van der Waals surface area contributed by atoms with Crippen molar-refractivity contribution >= 4 is 17.7 Å². The topological polar surface area (TPSA) is 51.5 Å². The second-order valence-corrected chi connectivity index (χ2v) is 7.85. The molecular weight excluding hydrogens is 360 g/mol. The fourth-order valence-electron chi connectivity index (χ4n) is 3.57. The summed E-state index contributed by atoms with van der Waals surface area (Å²) in [7, 11) is 1.65. The number of amides is 1. The molecule has 0 bridgehead atoms. The summed E-state index contributed by atoms with van der Waals surface area (Å²) in [4.78, 5) is 27.7. The highest BCUT2D eigenvalue weighted by Gasteiger charge is 2.25. The molecule has 0 saturated carbocycles. The lowest BCUT2D eigenvalue weighted by Crippen LogP contribution is -2.41. The molecule has 2 heterocycles. The normalized spacial score (nSPS) is 14.3. The van der Waals surface area contributed by atoms with Crippen LogP contribution >= 0.6 is 11.8 Å². The highest BCUT2D eigenvalue weighted by Crippen LogP contribution is 2.22. The second-order valence-electron chi connectivity index (χ2n) is 6.63. The van der Waals surface area contributed by atoms with E-state index in [0.29, 0.717) is 31.6 Å². The number of rotatable bonds is 5. The van der Waals surface area contributed by atoms with E-state index in [1.54, 1.807) is 13.2 Å². The molecule has 1 aliphatic heterocycles. The van der Waals surface area contributed by atoms with E-state index in [0.717, 1.165) is 34.2 Å². The Morgan fingerprint density at radius 1 is 1.22 bits per heavy atom. The summed E-state index contributed by atoms with van der Waals surface area (Å²) in [5, 5.41) is 0. The quantitative estimate of drug-likeness (QED) is 0.793. The number of aromatic nitrogens is 1. The van der Waals surface area contributed by atoms with Crippen LogP contribution in [0.15, 0.2) is 35.1 Å². The van der Waals surface area contributed by atoms with Crippen LogP contribution in [0.1, 0.15) is 34.2 Å². The molecule has 1 amide bonds. The van der Waals surface area contributed by atoms with Gasteiger partial charge in [-0.3, -0.25) is 9.59 Å². The highest BCUT2D eigenvalue weighted by atomic mass is 32.2. The van der Waals surface area contributed by atoms with Crippen LogP contribution in [0.25, 0.3) is 0 Å². The van der Waals surface area contributed by atoms with Crippen LogP contribution in [0.5, 0.6) is 5.75 Å². The average molecular weight is 387 g/mol. The molecule has 2 aromatic rings. The average Bonchev–Trinajstić information content (AvgIpc) is 2.70. The van der Waals surface area contributed by atoms with Crippen molar-refractivity contribution in [2.24, 2.45) is 0 Å². The van der Waals surface area contributed by atoms with Gasteiger partial charge >= 0.3 is 0 Å². The molecule has 0 unspecified atom stereocenters. The highest BCUT2D eigenvalue weighted by molar-refractivity contribution is 7.99. The predicted octanol–water partition coefficient (Wildman–Crippen LogP) is 2.97. The summed E-state index contributed by atoms with van der Waals surface area (Å²) >= 11 is 1.85. The number of carbonyl (C=O) groups excluding carboxylic acids is 1. The Kier molecular flexibility index (Phi) is 6.26. The number of hydrogen-bond acceptors (Lipinski definition) is 4. The molecule has 144 valence electrons. The van der Waals surface area contributed by atoms with Crippen molar-refractivity contribution in [1.82, 2.24) is 9.47 Å². The van der Waals surface area contributed by atoms with Gasteiger partial charge in [0.1, 0.15) is 11.3 Å². The largest absolute Gasteiger partial charge is 0.496 e. The Morgan fingerprint density at radius 2 is 1.93 bits per heavy atom. The van der Waals surface area contributed by atoms with Gasteiger partial charge in [0.25, 0.3) is 5.91 Å². The molecule has 1 aromatic carbocycles. The number of aryl methyl sites for hydroxylation is 1. The molecule has 0 aliphatic carbocycles. The standard InChI is InChI=1S/C21H26N2O3S/c1-4-17-20(21(25)22-9-11-27-12-10-22)18(24)13-15(2)23(17)14-16-7-5-6-8-19(16)26-3/h5-8,13H,4,9-12,14H2,1-3H3. The summed E-state index contributed by atoms with van der Waals surface area (Å²) in [6, 6.07) is 9.43. The first-order valence-electron chi connectivity index (χ1n) is 9.29. The minimum atomic E-state index is -0.177. The van der Waals surface area contributed by atoms with E-state index < -0.39 is 0 Å². The molecule has 6 heteroatoms. The van der Waals surface area contributed by atoms with Gasteiger partial charge in [0.2, 0.25) is 0 Å². The Morgan fingerprint density at radius 3 is 2.59 bits per heavy atom. The van der Waals surface area contributed by atoms with Gasteiger partial charge in [-0.15, -0.1) is 0 Å². The number of nitrogens with zero attached hydrogens (tertiary/aromatic N) is 2. The summed E-state index contributed by atoms with van der Waals surface area (Å²) in [6.45, 7) is 5.88. The third-order valence-corrected chi connectivity index (χ3v) is 5.94. The van der Waals surface area contributed by atoms with Gasteiger partial charge in [-0.2, -0.15) is 11.8 Å². The Balaban J connectivity index is 2.06. The van der Waals surface area contributed by atoms with E-state index in [2.05, 4.69) is 4.57 Å². The number of pyridine rings is 1. The van der Waals surface area contributed by atoms with Crippen molar-refractivity contribution in [1.29, 1.82) is 0 Å². The molecule has 5 nitrogen and oxygen atoms in total. The summed E-state index contributed by atoms with van der Waals surface area (Å²) in [5.41, 5.74) is 2.82. The number of benzene rings is 1. The molecule has 0 radical (unpaired) electrons. The smallest absolute Gasteiger partial charge is 0.259 e. The van der Waals surface area contributed by atoms with Crippen LogP contribution in [0.3, 0.4) is 0 Å². The predicted molar refractivity (Wildman–Crippen MR) is 110 cm³/mol. The van der Waals surface area contributed by atoms with E-state index in [-0.39, 0.29) is 11.3 Å². The van der Waals surface area contributed by atoms with Gasteiger partial charge < -0.3 is 14.2 Å². The number of methoxy groups -OCH3 is 1. The van der Waals surface area contributed by atoms with Crippen LogP contribution in [0.4, 0.5) is 0 Å². The molecule has 0 atom stereocenters. The first-order chi connectivity index (χ1) is 13.1. The zero-order chi connectivity index (χ0) is 19.4. The van der Waals surface area contributed by atoms with Crippen molar-refractivity contribution in [3.05, 3.63) is 63.1 Å². The molecule has 1 saturated heterocycles. The van der Waals surface area contributed by atoms with E-state index in [1.165, 1.54) is 0 Å². The van der Waals surface area contributed by atoms with Crippen molar-refractivity contribution in [3.8, 4) is 5.75 Å². The van der Waals surface area contributed by atoms with Gasteiger partial charge in [-0.1, -0.05) is 25.1 Å². The van der Waals surface area contributed by atoms with Crippen LogP contribution in [-0.4, -0.2) is 47.1 Å². The van der Waals surface area contributed by atoms with Crippen LogP contribution in [0.2, 0.25) is 0 Å². The van der Waals surface area contributed by atoms with E-state index in [1.807, 2.05) is 54.8 Å². The van der Waals surface area contributed by atoms with Gasteiger partial charge in [0.05, 0.1) is 13.7 Å². The second kappa shape index (κ2) is 8.65. The van der Waals surface area contributed by atoms with Gasteiger partial charge in [-0.05, 0) is 19.4 Å². The van der Waals surface area contributed by atoms with E-state index >= 15 is 0 Å². The Hall–Kier alpha value is -2.21. The van der Waals surface area contributed by atoms with Crippen molar-refractivity contribution in [2.75, 3.05) is 31.7 Å². The van der Waals surface area contributed by atoms with E-state index in [4.69, 9.17) is 4.74 Å². The monoisotopic (exact) mass is 386 g/mol. The third-order valence-electron chi connectivity index (χ3n) is 4.99. The first-order valence-corrected chi connectivity index (χ1v) is 10.4. The van der Waals surface area contributed by atoms with Crippen molar-refractivity contribution in [2.45, 2.75) is 26.8 Å². The maximum atomic E-state index is 13.1. The SMILES string of the molecule is CCc1c(C(=O)N2CCSCC2)c(=O)cc(C)n1Cc1ccccc1OC. The first kappa shape index (κ1) is 19.5. The molecule has 1 fully saturated rings. The van der Waals surface area contributed by atoms with Crippen LogP contribution in [0, 0.1) is 6.92 Å². The zero-order valence-corrected chi connectivity index (χ0v) is 17.0. The zero-order valence-electron chi connectivity index (χ0n) is 16.2. The number of hydrogen-bond donors (Lipinski definition) is 0. The number of para-hydroxylation sites is 1. The summed E-state index contributed by atoms with van der Waals surface area (Å²) in [5.74, 6) is 2.52. The van der Waals surface area contributed by atoms with Crippen LogP contribution < -0.4 is 10.2 Å². The minimum absolute atomic E-state index is 0.133. The van der Waals surface area contributed by atoms with Crippen molar-refractivity contribution < 1.29 is 9.53 Å². The van der Waals surface area contributed by atoms with E-state index in [9.17, 15) is 9.59 Å². The van der Waals surface area contributed by atoms with Gasteiger partial charge in [0.15, 0.2) is 5.43 Å². The maximum absolute atomic E-state index is 13.1. The van der Waals surface area contributed by atoms with Gasteiger partial charge in [-0.25, -0.2) is 0 Å². The third kappa shape index (κ3) is 4.05. The number of carbonyl (C=O) groups is 1. The maximum Gasteiger partial charge on any atom is 0.259 e. The lowest BCUT2D eigenvalue weighted by molar-refractivity contribution is 0.0768. The summed E-state index contributed by atoms with van der Waals surface area (Å²) in [6.07, 6.45) is 0.621. The minimum Gasteiger partial charge on any atom is -0.496 e. The number of ether oxygens (including phenoxy) is 1. The van der Waals surface area contributed by atoms with Crippen molar-refractivity contribution in [3.63, 3.8) is 0 Å². The Bertz CT molecular complexity index is 885. The van der Waals surface area contributed by atoms with Crippen LogP contribution in [-0.2, 0) is 13.0 Å². The number of thioether (sulfide) groups is 1. The molecule has 3 rings (SSSR count). The molecular formula is C21H26N2O3S. The molecule has 27 heavy (non-hydrogen) atoms. The lowest BCUT2D eigenvalue weighted by atomic mass is 10.1. The fraction of sp³-hybridized carbons (Fsp3) is 0.429.